The summed E-state index contributed by atoms with van der Waals surface area (Å²) in [5.41, 5.74) is 1.63. The molecule has 0 amide bonds. The number of methoxy groups -OCH3 is 1. The second-order valence-electron chi connectivity index (χ2n) is 6.94. The Kier molecular flexibility index (Phi) is 10.8. The minimum Gasteiger partial charge on any atom is -0.493 e. The molecule has 0 saturated heterocycles. The molecule has 0 saturated carbocycles. The third-order valence-corrected chi connectivity index (χ3v) is 7.34. The number of nitrogens with zero attached hydrogens (tertiary/aromatic N) is 2. The van der Waals surface area contributed by atoms with Gasteiger partial charge in [-0.1, -0.05) is 43.6 Å². The first-order chi connectivity index (χ1) is 16.6. The van der Waals surface area contributed by atoms with Crippen LogP contribution >= 0.6 is 37.5 Å². The fraction of sp³-hybridized carbons (Fsp3) is 0.292. The maximum absolute atomic E-state index is 11.8. The molecule has 0 fully saturated rings. The van der Waals surface area contributed by atoms with E-state index in [9.17, 15) is 4.79 Å². The predicted octanol–water partition coefficient (Wildman–Crippen LogP) is 6.41. The molecule has 3 rings (SSSR count). The van der Waals surface area contributed by atoms with Crippen LogP contribution in [0.3, 0.4) is 0 Å². The van der Waals surface area contributed by atoms with Gasteiger partial charge in [-0.3, -0.25) is 4.79 Å². The molecule has 1 N–H and O–H groups in total. The van der Waals surface area contributed by atoms with Crippen LogP contribution in [0.15, 0.2) is 59.9 Å². The summed E-state index contributed by atoms with van der Waals surface area (Å²) in [6, 6.07) is 11.5. The molecule has 0 radical (unpaired) electrons. The highest BCUT2D eigenvalue weighted by atomic mass is 79.9. The SMILES string of the molecule is C=CCSSCCC(=O)OCCCOc1cc2ncnc(Nc3ccc(Br)cc3)c2cc1OC. The van der Waals surface area contributed by atoms with E-state index in [1.165, 1.54) is 6.33 Å². The van der Waals surface area contributed by atoms with Crippen LogP contribution in [0, 0.1) is 0 Å². The number of nitrogens with one attached hydrogen (secondary N) is 1. The van der Waals surface area contributed by atoms with Crippen molar-refractivity contribution >= 4 is 65.9 Å². The van der Waals surface area contributed by atoms with Crippen molar-refractivity contribution in [3.63, 3.8) is 0 Å². The van der Waals surface area contributed by atoms with Gasteiger partial charge in [-0.05, 0) is 30.3 Å². The minimum absolute atomic E-state index is 0.197. The third kappa shape index (κ3) is 8.11. The average molecular weight is 565 g/mol. The summed E-state index contributed by atoms with van der Waals surface area (Å²) in [6.45, 7) is 4.36. The van der Waals surface area contributed by atoms with Gasteiger partial charge in [-0.2, -0.15) is 0 Å². The van der Waals surface area contributed by atoms with Gasteiger partial charge in [0.05, 0.1) is 32.3 Å². The van der Waals surface area contributed by atoms with Gasteiger partial charge in [0, 0.05) is 39.5 Å². The van der Waals surface area contributed by atoms with Crippen LogP contribution in [-0.2, 0) is 9.53 Å². The number of esters is 1. The summed E-state index contributed by atoms with van der Waals surface area (Å²) in [6.07, 6.45) is 4.32. The number of carbonyl (C=O) groups is 1. The maximum atomic E-state index is 11.8. The fourth-order valence-electron chi connectivity index (χ4n) is 2.89. The predicted molar refractivity (Wildman–Crippen MR) is 144 cm³/mol. The number of rotatable bonds is 14. The Bertz CT molecular complexity index is 1100. The summed E-state index contributed by atoms with van der Waals surface area (Å²) in [5, 5.41) is 4.13. The Morgan fingerprint density at radius 2 is 1.97 bits per heavy atom. The van der Waals surface area contributed by atoms with Gasteiger partial charge >= 0.3 is 5.97 Å². The molecular weight excluding hydrogens is 538 g/mol. The van der Waals surface area contributed by atoms with E-state index in [4.69, 9.17) is 14.2 Å². The number of hydrogen-bond donors (Lipinski definition) is 1. The van der Waals surface area contributed by atoms with Crippen molar-refractivity contribution in [3.8, 4) is 11.5 Å². The molecule has 0 aliphatic carbocycles. The van der Waals surface area contributed by atoms with Gasteiger partial charge in [0.25, 0.3) is 0 Å². The van der Waals surface area contributed by atoms with Crippen molar-refractivity contribution < 1.29 is 19.0 Å². The summed E-state index contributed by atoms with van der Waals surface area (Å²) in [4.78, 5) is 20.5. The number of fused-ring (bicyclic) bond motifs is 1. The molecule has 0 atom stereocenters. The number of ether oxygens (including phenoxy) is 3. The third-order valence-electron chi connectivity index (χ3n) is 4.50. The van der Waals surface area contributed by atoms with Gasteiger partial charge < -0.3 is 19.5 Å². The molecule has 2 aromatic carbocycles. The summed E-state index contributed by atoms with van der Waals surface area (Å²) in [7, 11) is 4.91. The first-order valence-electron chi connectivity index (χ1n) is 10.6. The first kappa shape index (κ1) is 26.2. The molecule has 0 spiro atoms. The first-order valence-corrected chi connectivity index (χ1v) is 13.9. The van der Waals surface area contributed by atoms with Crippen LogP contribution in [-0.4, -0.2) is 47.8 Å². The zero-order valence-corrected chi connectivity index (χ0v) is 22.0. The standard InChI is InChI=1S/C24H26BrN3O4S2/c1-3-12-33-34-13-9-23(29)32-11-4-10-31-22-15-20-19(14-21(22)30-2)24(27-16-26-20)28-18-7-5-17(25)6-8-18/h3,5-8,14-16H,1,4,9-13H2,2H3,(H,26,27,28). The topological polar surface area (TPSA) is 82.6 Å². The summed E-state index contributed by atoms with van der Waals surface area (Å²) in [5.74, 6) is 3.22. The highest BCUT2D eigenvalue weighted by molar-refractivity contribution is 9.10. The Hall–Kier alpha value is -2.43. The normalized spacial score (nSPS) is 10.6. The average Bonchev–Trinajstić information content (AvgIpc) is 2.84. The van der Waals surface area contributed by atoms with Crippen LogP contribution in [0.5, 0.6) is 11.5 Å². The number of benzene rings is 2. The Morgan fingerprint density at radius 1 is 1.15 bits per heavy atom. The van der Waals surface area contributed by atoms with E-state index in [0.717, 1.165) is 32.6 Å². The van der Waals surface area contributed by atoms with E-state index in [0.29, 0.717) is 43.4 Å². The summed E-state index contributed by atoms with van der Waals surface area (Å²) >= 11 is 3.44. The van der Waals surface area contributed by atoms with E-state index in [-0.39, 0.29) is 5.97 Å². The lowest BCUT2D eigenvalue weighted by atomic mass is 10.2. The molecule has 0 aliphatic rings. The fourth-order valence-corrected chi connectivity index (χ4v) is 4.89. The highest BCUT2D eigenvalue weighted by Gasteiger charge is 2.12. The minimum atomic E-state index is -0.197. The molecule has 1 aromatic heterocycles. The Labute approximate surface area is 215 Å². The molecule has 0 unspecified atom stereocenters. The van der Waals surface area contributed by atoms with Crippen molar-refractivity contribution in [1.29, 1.82) is 0 Å². The second kappa shape index (κ2) is 14.1. The van der Waals surface area contributed by atoms with Gasteiger partial charge in [0.2, 0.25) is 0 Å². The zero-order valence-electron chi connectivity index (χ0n) is 18.8. The Balaban J connectivity index is 1.54. The Morgan fingerprint density at radius 3 is 2.74 bits per heavy atom. The van der Waals surface area contributed by atoms with Crippen molar-refractivity contribution in [2.45, 2.75) is 12.8 Å². The molecule has 3 aromatic rings. The monoisotopic (exact) mass is 563 g/mol. The largest absolute Gasteiger partial charge is 0.493 e. The molecule has 10 heteroatoms. The van der Waals surface area contributed by atoms with E-state index >= 15 is 0 Å². The van der Waals surface area contributed by atoms with Crippen molar-refractivity contribution in [2.75, 3.05) is 37.1 Å². The van der Waals surface area contributed by atoms with E-state index in [2.05, 4.69) is 37.8 Å². The van der Waals surface area contributed by atoms with Crippen LogP contribution < -0.4 is 14.8 Å². The molecule has 34 heavy (non-hydrogen) atoms. The number of hydrogen-bond acceptors (Lipinski definition) is 9. The number of aromatic nitrogens is 2. The van der Waals surface area contributed by atoms with Crippen LogP contribution in [0.4, 0.5) is 11.5 Å². The lowest BCUT2D eigenvalue weighted by molar-refractivity contribution is -0.143. The summed E-state index contributed by atoms with van der Waals surface area (Å²) < 4.78 is 17.7. The van der Waals surface area contributed by atoms with Gasteiger partial charge in [-0.25, -0.2) is 9.97 Å². The molecule has 180 valence electrons. The van der Waals surface area contributed by atoms with Crippen molar-refractivity contribution in [1.82, 2.24) is 9.97 Å². The van der Waals surface area contributed by atoms with Gasteiger partial charge in [0.1, 0.15) is 12.1 Å². The van der Waals surface area contributed by atoms with Crippen molar-refractivity contribution in [2.24, 2.45) is 0 Å². The van der Waals surface area contributed by atoms with Crippen LogP contribution in [0.25, 0.3) is 10.9 Å². The van der Waals surface area contributed by atoms with E-state index in [1.807, 2.05) is 42.5 Å². The number of halogens is 1. The number of carbonyl (C=O) groups excluding carboxylic acids is 1. The maximum Gasteiger partial charge on any atom is 0.306 e. The lowest BCUT2D eigenvalue weighted by Gasteiger charge is -2.14. The highest BCUT2D eigenvalue weighted by Crippen LogP contribution is 2.35. The van der Waals surface area contributed by atoms with Gasteiger partial charge in [-0.15, -0.1) is 6.58 Å². The zero-order chi connectivity index (χ0) is 24.2. The molecule has 0 bridgehead atoms. The second-order valence-corrected chi connectivity index (χ2v) is 10.5. The van der Waals surface area contributed by atoms with E-state index < -0.39 is 0 Å². The van der Waals surface area contributed by atoms with E-state index in [1.54, 1.807) is 28.7 Å². The van der Waals surface area contributed by atoms with Crippen molar-refractivity contribution in [3.05, 3.63) is 59.9 Å². The molecule has 7 nitrogen and oxygen atoms in total. The molecular formula is C24H26BrN3O4S2. The molecule has 0 aliphatic heterocycles. The van der Waals surface area contributed by atoms with Crippen LogP contribution in [0.1, 0.15) is 12.8 Å². The molecule has 1 heterocycles. The van der Waals surface area contributed by atoms with Gasteiger partial charge in [0.15, 0.2) is 11.5 Å². The smallest absolute Gasteiger partial charge is 0.306 e. The lowest BCUT2D eigenvalue weighted by Crippen LogP contribution is -2.09. The van der Waals surface area contributed by atoms with Crippen LogP contribution in [0.2, 0.25) is 0 Å². The quantitative estimate of drug-likeness (QED) is 0.103. The number of anilines is 2.